The number of hydrogen-bond donors (Lipinski definition) is 0. The first-order chi connectivity index (χ1) is 9.33. The molecule has 5 nitrogen and oxygen atoms in total. The fourth-order valence-corrected chi connectivity index (χ4v) is 2.30. The first-order valence-corrected chi connectivity index (χ1v) is 6.57. The van der Waals surface area contributed by atoms with Gasteiger partial charge in [0.25, 0.3) is 0 Å². The van der Waals surface area contributed by atoms with Crippen molar-refractivity contribution in [2.24, 2.45) is 0 Å². The van der Waals surface area contributed by atoms with Crippen LogP contribution in [-0.4, -0.2) is 49.8 Å². The summed E-state index contributed by atoms with van der Waals surface area (Å²) in [5.74, 6) is 1.57. The van der Waals surface area contributed by atoms with E-state index in [4.69, 9.17) is 14.2 Å². The van der Waals surface area contributed by atoms with Crippen LogP contribution in [0.2, 0.25) is 0 Å². The molecule has 5 heteroatoms. The average molecular weight is 263 g/mol. The standard InChI is InChI=1S/C14H17NO4/c16-14(15-5-7-17-8-6-15)9-11-10-18-12-3-1-2-4-13(12)19-11/h1-4,11H,5-10H2. The molecule has 0 spiro atoms. The summed E-state index contributed by atoms with van der Waals surface area (Å²) in [6.07, 6.45) is 0.152. The highest BCUT2D eigenvalue weighted by Gasteiger charge is 2.26. The number of hydrogen-bond acceptors (Lipinski definition) is 4. The summed E-state index contributed by atoms with van der Waals surface area (Å²) >= 11 is 0. The van der Waals surface area contributed by atoms with E-state index in [1.807, 2.05) is 29.2 Å². The Kier molecular flexibility index (Phi) is 3.55. The SMILES string of the molecule is O=C(CC1COc2ccccc2O1)N1CCOCC1. The molecule has 2 heterocycles. The van der Waals surface area contributed by atoms with Crippen molar-refractivity contribution >= 4 is 5.91 Å². The van der Waals surface area contributed by atoms with Crippen LogP contribution in [0.1, 0.15) is 6.42 Å². The zero-order chi connectivity index (χ0) is 13.1. The van der Waals surface area contributed by atoms with Gasteiger partial charge in [-0.15, -0.1) is 0 Å². The highest BCUT2D eigenvalue weighted by atomic mass is 16.6. The Hall–Kier alpha value is -1.75. The third-order valence-electron chi connectivity index (χ3n) is 3.33. The lowest BCUT2D eigenvalue weighted by atomic mass is 10.2. The molecule has 0 N–H and O–H groups in total. The van der Waals surface area contributed by atoms with Crippen LogP contribution in [0, 0.1) is 0 Å². The number of nitrogens with zero attached hydrogens (tertiary/aromatic N) is 1. The van der Waals surface area contributed by atoms with E-state index in [2.05, 4.69) is 0 Å². The number of amides is 1. The van der Waals surface area contributed by atoms with Crippen LogP contribution in [0.5, 0.6) is 11.5 Å². The molecule has 1 unspecified atom stereocenters. The van der Waals surface area contributed by atoms with Gasteiger partial charge in [-0.05, 0) is 12.1 Å². The lowest BCUT2D eigenvalue weighted by molar-refractivity contribution is -0.137. The molecule has 0 radical (unpaired) electrons. The molecule has 3 rings (SSSR count). The van der Waals surface area contributed by atoms with Crippen molar-refractivity contribution in [3.63, 3.8) is 0 Å². The van der Waals surface area contributed by atoms with Crippen LogP contribution in [0.15, 0.2) is 24.3 Å². The Morgan fingerprint density at radius 1 is 1.21 bits per heavy atom. The number of fused-ring (bicyclic) bond motifs is 1. The van der Waals surface area contributed by atoms with Crippen LogP contribution in [0.3, 0.4) is 0 Å². The van der Waals surface area contributed by atoms with E-state index in [0.717, 1.165) is 5.75 Å². The number of para-hydroxylation sites is 2. The Labute approximate surface area is 112 Å². The molecule has 0 aliphatic carbocycles. The van der Waals surface area contributed by atoms with Crippen molar-refractivity contribution in [1.29, 1.82) is 0 Å². The molecule has 0 saturated carbocycles. The lowest BCUT2D eigenvalue weighted by Gasteiger charge is -2.30. The minimum absolute atomic E-state index is 0.108. The highest BCUT2D eigenvalue weighted by molar-refractivity contribution is 5.77. The predicted molar refractivity (Wildman–Crippen MR) is 68.4 cm³/mol. The first kappa shape index (κ1) is 12.3. The molecular formula is C14H17NO4. The summed E-state index contributed by atoms with van der Waals surface area (Å²) < 4.78 is 16.6. The summed E-state index contributed by atoms with van der Waals surface area (Å²) in [6, 6.07) is 7.53. The number of morpholine rings is 1. The van der Waals surface area contributed by atoms with Gasteiger partial charge in [0.05, 0.1) is 19.6 Å². The van der Waals surface area contributed by atoms with Crippen molar-refractivity contribution < 1.29 is 19.0 Å². The molecule has 1 saturated heterocycles. The summed E-state index contributed by atoms with van der Waals surface area (Å²) in [7, 11) is 0. The number of benzene rings is 1. The minimum atomic E-state index is -0.203. The molecule has 1 amide bonds. The second kappa shape index (κ2) is 5.48. The molecule has 0 aromatic heterocycles. The third-order valence-corrected chi connectivity index (χ3v) is 3.33. The van der Waals surface area contributed by atoms with Gasteiger partial charge in [-0.25, -0.2) is 0 Å². The predicted octanol–water partition coefficient (Wildman–Crippen LogP) is 1.08. The number of carbonyl (C=O) groups is 1. The monoisotopic (exact) mass is 263 g/mol. The zero-order valence-electron chi connectivity index (χ0n) is 10.7. The van der Waals surface area contributed by atoms with Gasteiger partial charge in [0.2, 0.25) is 5.91 Å². The van der Waals surface area contributed by atoms with E-state index in [1.165, 1.54) is 0 Å². The highest BCUT2D eigenvalue weighted by Crippen LogP contribution is 2.31. The summed E-state index contributed by atoms with van der Waals surface area (Å²) in [6.45, 7) is 3.01. The largest absolute Gasteiger partial charge is 0.486 e. The van der Waals surface area contributed by atoms with Gasteiger partial charge >= 0.3 is 0 Å². The van der Waals surface area contributed by atoms with Crippen molar-refractivity contribution in [2.45, 2.75) is 12.5 Å². The number of ether oxygens (including phenoxy) is 3. The Bertz CT molecular complexity index is 457. The van der Waals surface area contributed by atoms with Crippen LogP contribution in [0.25, 0.3) is 0 Å². The van der Waals surface area contributed by atoms with E-state index >= 15 is 0 Å². The van der Waals surface area contributed by atoms with Crippen molar-refractivity contribution in [2.75, 3.05) is 32.9 Å². The van der Waals surface area contributed by atoms with E-state index in [9.17, 15) is 4.79 Å². The second-order valence-electron chi connectivity index (χ2n) is 4.69. The molecule has 2 aliphatic heterocycles. The molecule has 2 aliphatic rings. The molecular weight excluding hydrogens is 246 g/mol. The molecule has 1 fully saturated rings. The topological polar surface area (TPSA) is 48.0 Å². The maximum Gasteiger partial charge on any atom is 0.226 e. The number of carbonyl (C=O) groups excluding carboxylic acids is 1. The summed E-state index contributed by atoms with van der Waals surface area (Å²) in [5.41, 5.74) is 0. The first-order valence-electron chi connectivity index (χ1n) is 6.57. The Morgan fingerprint density at radius 3 is 2.74 bits per heavy atom. The summed E-state index contributed by atoms with van der Waals surface area (Å²) in [5, 5.41) is 0. The molecule has 1 atom stereocenters. The van der Waals surface area contributed by atoms with Gasteiger partial charge < -0.3 is 19.1 Å². The molecule has 1 aromatic rings. The average Bonchev–Trinajstić information content (AvgIpc) is 2.48. The van der Waals surface area contributed by atoms with Gasteiger partial charge in [0.1, 0.15) is 12.7 Å². The van der Waals surface area contributed by atoms with Crippen LogP contribution in [0.4, 0.5) is 0 Å². The Balaban J connectivity index is 1.58. The van der Waals surface area contributed by atoms with Crippen molar-refractivity contribution in [3.05, 3.63) is 24.3 Å². The van der Waals surface area contributed by atoms with E-state index in [-0.39, 0.29) is 12.0 Å². The quantitative estimate of drug-likeness (QED) is 0.801. The zero-order valence-corrected chi connectivity index (χ0v) is 10.7. The van der Waals surface area contributed by atoms with Crippen LogP contribution >= 0.6 is 0 Å². The van der Waals surface area contributed by atoms with E-state index in [1.54, 1.807) is 0 Å². The van der Waals surface area contributed by atoms with Gasteiger partial charge in [-0.1, -0.05) is 12.1 Å². The van der Waals surface area contributed by atoms with Gasteiger partial charge in [-0.2, -0.15) is 0 Å². The molecule has 19 heavy (non-hydrogen) atoms. The van der Waals surface area contributed by atoms with Gasteiger partial charge in [0.15, 0.2) is 11.5 Å². The molecule has 1 aromatic carbocycles. The maximum absolute atomic E-state index is 12.1. The molecule has 0 bridgehead atoms. The normalized spacial score (nSPS) is 22.1. The Morgan fingerprint density at radius 2 is 1.95 bits per heavy atom. The molecule has 102 valence electrons. The van der Waals surface area contributed by atoms with E-state index in [0.29, 0.717) is 45.1 Å². The lowest BCUT2D eigenvalue weighted by Crippen LogP contribution is -2.43. The van der Waals surface area contributed by atoms with Crippen molar-refractivity contribution in [1.82, 2.24) is 4.90 Å². The van der Waals surface area contributed by atoms with E-state index < -0.39 is 0 Å². The number of rotatable bonds is 2. The van der Waals surface area contributed by atoms with Gasteiger partial charge in [0, 0.05) is 13.1 Å². The fourth-order valence-electron chi connectivity index (χ4n) is 2.30. The van der Waals surface area contributed by atoms with Crippen molar-refractivity contribution in [3.8, 4) is 11.5 Å². The third kappa shape index (κ3) is 2.81. The van der Waals surface area contributed by atoms with Crippen LogP contribution < -0.4 is 9.47 Å². The second-order valence-corrected chi connectivity index (χ2v) is 4.69. The van der Waals surface area contributed by atoms with Crippen LogP contribution in [-0.2, 0) is 9.53 Å². The smallest absolute Gasteiger partial charge is 0.226 e. The maximum atomic E-state index is 12.1. The fraction of sp³-hybridized carbons (Fsp3) is 0.500. The minimum Gasteiger partial charge on any atom is -0.486 e. The van der Waals surface area contributed by atoms with Gasteiger partial charge in [-0.3, -0.25) is 4.79 Å². The summed E-state index contributed by atoms with van der Waals surface area (Å²) in [4.78, 5) is 13.9.